The smallest absolute Gasteiger partial charge is 0.183 e. The van der Waals surface area contributed by atoms with E-state index in [1.807, 2.05) is 66.1 Å². The number of fused-ring (bicyclic) bond motifs is 1. The van der Waals surface area contributed by atoms with Crippen molar-refractivity contribution in [2.45, 2.75) is 13.0 Å². The molecule has 0 unspecified atom stereocenters. The number of aromatic nitrogens is 4. The first kappa shape index (κ1) is 15.3. The first-order valence-corrected chi connectivity index (χ1v) is 7.99. The molecule has 4 rings (SSSR count). The Balaban J connectivity index is 1.69. The van der Waals surface area contributed by atoms with Crippen molar-refractivity contribution in [1.82, 2.24) is 19.4 Å². The molecule has 0 bridgehead atoms. The summed E-state index contributed by atoms with van der Waals surface area (Å²) in [5.74, 6) is 0.107. The number of pyridine rings is 1. The molecular formula is C19H16FN5. The van der Waals surface area contributed by atoms with Crippen LogP contribution in [0.15, 0.2) is 67.1 Å². The minimum atomic E-state index is -0.486. The van der Waals surface area contributed by atoms with E-state index < -0.39 is 5.82 Å². The molecule has 3 heterocycles. The van der Waals surface area contributed by atoms with Gasteiger partial charge in [-0.3, -0.25) is 4.40 Å². The Hall–Kier alpha value is -3.28. The maximum absolute atomic E-state index is 14.2. The summed E-state index contributed by atoms with van der Waals surface area (Å²) in [4.78, 5) is 12.8. The van der Waals surface area contributed by atoms with Crippen LogP contribution < -0.4 is 5.32 Å². The number of hydrogen-bond donors (Lipinski definition) is 1. The fourth-order valence-electron chi connectivity index (χ4n) is 2.72. The van der Waals surface area contributed by atoms with Crippen molar-refractivity contribution in [1.29, 1.82) is 0 Å². The largest absolute Gasteiger partial charge is 0.361 e. The number of nitrogens with zero attached hydrogens (tertiary/aromatic N) is 4. The zero-order chi connectivity index (χ0) is 17.2. The molecular weight excluding hydrogens is 317 g/mol. The van der Waals surface area contributed by atoms with Crippen LogP contribution in [0, 0.1) is 5.82 Å². The number of rotatable bonds is 4. The minimum absolute atomic E-state index is 0.0827. The second-order valence-electron chi connectivity index (χ2n) is 5.74. The van der Waals surface area contributed by atoms with Gasteiger partial charge in [-0.15, -0.1) is 0 Å². The fraction of sp³-hybridized carbons (Fsp3) is 0.105. The number of benzene rings is 1. The van der Waals surface area contributed by atoms with E-state index in [9.17, 15) is 4.39 Å². The molecule has 0 aliphatic rings. The van der Waals surface area contributed by atoms with Gasteiger partial charge < -0.3 is 5.32 Å². The highest BCUT2D eigenvalue weighted by Gasteiger charge is 2.14. The van der Waals surface area contributed by atoms with Crippen molar-refractivity contribution in [2.75, 3.05) is 5.32 Å². The van der Waals surface area contributed by atoms with Crippen LogP contribution in [0.2, 0.25) is 0 Å². The monoisotopic (exact) mass is 333 g/mol. The van der Waals surface area contributed by atoms with E-state index in [1.54, 1.807) is 6.20 Å². The normalized spacial score (nSPS) is 12.2. The highest BCUT2D eigenvalue weighted by Crippen LogP contribution is 2.23. The number of hydrogen-bond acceptors (Lipinski definition) is 4. The Bertz CT molecular complexity index is 1010. The third kappa shape index (κ3) is 2.94. The Kier molecular flexibility index (Phi) is 3.85. The molecule has 1 atom stereocenters. The second kappa shape index (κ2) is 6.32. The van der Waals surface area contributed by atoms with E-state index in [4.69, 9.17) is 0 Å². The Morgan fingerprint density at radius 3 is 2.64 bits per heavy atom. The Morgan fingerprint density at radius 1 is 1.00 bits per heavy atom. The average Bonchev–Trinajstić information content (AvgIpc) is 3.08. The molecule has 1 aromatic carbocycles. The van der Waals surface area contributed by atoms with Crippen molar-refractivity contribution in [3.05, 3.63) is 78.5 Å². The third-order valence-corrected chi connectivity index (χ3v) is 4.04. The molecule has 0 radical (unpaired) electrons. The average molecular weight is 333 g/mol. The quantitative estimate of drug-likeness (QED) is 0.611. The van der Waals surface area contributed by atoms with Gasteiger partial charge in [0.05, 0.1) is 18.4 Å². The molecule has 0 saturated heterocycles. The van der Waals surface area contributed by atoms with Crippen molar-refractivity contribution in [3.63, 3.8) is 0 Å². The van der Waals surface area contributed by atoms with Gasteiger partial charge in [0.2, 0.25) is 0 Å². The van der Waals surface area contributed by atoms with Crippen LogP contribution in [0.3, 0.4) is 0 Å². The van der Waals surface area contributed by atoms with Gasteiger partial charge in [0.15, 0.2) is 17.5 Å². The van der Waals surface area contributed by atoms with Gasteiger partial charge in [-0.05, 0) is 24.6 Å². The highest BCUT2D eigenvalue weighted by atomic mass is 19.1. The Labute approximate surface area is 144 Å². The lowest BCUT2D eigenvalue weighted by Gasteiger charge is -2.15. The van der Waals surface area contributed by atoms with Crippen molar-refractivity contribution >= 4 is 11.5 Å². The Morgan fingerprint density at radius 2 is 1.80 bits per heavy atom. The molecule has 0 fully saturated rings. The van der Waals surface area contributed by atoms with Crippen molar-refractivity contribution < 1.29 is 4.39 Å². The number of anilines is 1. The van der Waals surface area contributed by atoms with E-state index in [0.29, 0.717) is 11.5 Å². The van der Waals surface area contributed by atoms with Gasteiger partial charge in [-0.2, -0.15) is 0 Å². The van der Waals surface area contributed by atoms with Crippen LogP contribution in [0.5, 0.6) is 0 Å². The van der Waals surface area contributed by atoms with E-state index in [2.05, 4.69) is 20.3 Å². The van der Waals surface area contributed by atoms with Crippen LogP contribution in [0.25, 0.3) is 17.2 Å². The highest BCUT2D eigenvalue weighted by molar-refractivity contribution is 5.58. The van der Waals surface area contributed by atoms with Gasteiger partial charge in [0.1, 0.15) is 11.3 Å². The summed E-state index contributed by atoms with van der Waals surface area (Å²) in [6, 6.07) is 15.4. The van der Waals surface area contributed by atoms with Crippen molar-refractivity contribution in [2.24, 2.45) is 0 Å². The predicted octanol–water partition coefficient (Wildman–Crippen LogP) is 4.10. The summed E-state index contributed by atoms with van der Waals surface area (Å²) in [6.07, 6.45) is 4.75. The topological polar surface area (TPSA) is 55.1 Å². The zero-order valence-electron chi connectivity index (χ0n) is 13.6. The first-order valence-electron chi connectivity index (χ1n) is 7.99. The molecule has 0 saturated carbocycles. The number of imidazole rings is 1. The van der Waals surface area contributed by atoms with E-state index in [0.717, 1.165) is 11.2 Å². The standard InChI is InChI=1S/C19H16FN5/c1-13(14-7-3-2-4-8-14)23-18-15(20)11-22-19(24-18)16-12-21-17-9-5-6-10-25(16)17/h2-13H,1H3,(H,22,23,24)/t13-/m1/s1. The van der Waals surface area contributed by atoms with Gasteiger partial charge in [-0.25, -0.2) is 19.3 Å². The maximum Gasteiger partial charge on any atom is 0.183 e. The van der Waals surface area contributed by atoms with Crippen LogP contribution >= 0.6 is 0 Å². The second-order valence-corrected chi connectivity index (χ2v) is 5.74. The summed E-state index contributed by atoms with van der Waals surface area (Å²) in [6.45, 7) is 1.96. The number of halogens is 1. The SMILES string of the molecule is C[C@@H](Nc1nc(-c2cnc3ccccn23)ncc1F)c1ccccc1. The van der Waals surface area contributed by atoms with Gasteiger partial charge in [0, 0.05) is 6.20 Å². The molecule has 0 aliphatic carbocycles. The van der Waals surface area contributed by atoms with E-state index in [-0.39, 0.29) is 11.9 Å². The third-order valence-electron chi connectivity index (χ3n) is 4.04. The van der Waals surface area contributed by atoms with Crippen LogP contribution in [-0.2, 0) is 0 Å². The molecule has 1 N–H and O–H groups in total. The summed E-state index contributed by atoms with van der Waals surface area (Å²) in [5.41, 5.74) is 2.56. The molecule has 0 aliphatic heterocycles. The molecule has 3 aromatic heterocycles. The van der Waals surface area contributed by atoms with Crippen molar-refractivity contribution in [3.8, 4) is 11.5 Å². The summed E-state index contributed by atoms with van der Waals surface area (Å²) >= 11 is 0. The molecule has 4 aromatic rings. The first-order chi connectivity index (χ1) is 12.2. The molecule has 124 valence electrons. The predicted molar refractivity (Wildman–Crippen MR) is 94.7 cm³/mol. The van der Waals surface area contributed by atoms with Gasteiger partial charge >= 0.3 is 0 Å². The lowest BCUT2D eigenvalue weighted by atomic mass is 10.1. The fourth-order valence-corrected chi connectivity index (χ4v) is 2.72. The molecule has 25 heavy (non-hydrogen) atoms. The van der Waals surface area contributed by atoms with Crippen LogP contribution in [0.4, 0.5) is 10.2 Å². The van der Waals surface area contributed by atoms with Gasteiger partial charge in [0.25, 0.3) is 0 Å². The number of nitrogens with one attached hydrogen (secondary N) is 1. The summed E-state index contributed by atoms with van der Waals surface area (Å²) in [5, 5.41) is 3.12. The summed E-state index contributed by atoms with van der Waals surface area (Å²) in [7, 11) is 0. The maximum atomic E-state index is 14.2. The van der Waals surface area contributed by atoms with E-state index in [1.165, 1.54) is 6.20 Å². The molecule has 5 nitrogen and oxygen atoms in total. The zero-order valence-corrected chi connectivity index (χ0v) is 13.6. The molecule has 0 spiro atoms. The molecule has 6 heteroatoms. The minimum Gasteiger partial charge on any atom is -0.361 e. The lowest BCUT2D eigenvalue weighted by molar-refractivity contribution is 0.614. The molecule has 0 amide bonds. The van der Waals surface area contributed by atoms with Crippen LogP contribution in [-0.4, -0.2) is 19.4 Å². The van der Waals surface area contributed by atoms with Crippen LogP contribution in [0.1, 0.15) is 18.5 Å². The lowest BCUT2D eigenvalue weighted by Crippen LogP contribution is -2.10. The van der Waals surface area contributed by atoms with Gasteiger partial charge in [-0.1, -0.05) is 36.4 Å². The van der Waals surface area contributed by atoms with E-state index >= 15 is 0 Å². The summed E-state index contributed by atoms with van der Waals surface area (Å²) < 4.78 is 16.1.